The van der Waals surface area contributed by atoms with Crippen molar-refractivity contribution >= 4 is 34.4 Å². The van der Waals surface area contributed by atoms with Crippen molar-refractivity contribution in [1.82, 2.24) is 5.01 Å². The van der Waals surface area contributed by atoms with Gasteiger partial charge in [0.1, 0.15) is 0 Å². The summed E-state index contributed by atoms with van der Waals surface area (Å²) in [5.74, 6) is -0.819. The Morgan fingerprint density at radius 2 is 1.62 bits per heavy atom. The molecule has 2 amide bonds. The molecule has 3 aromatic carbocycles. The number of carbonyl (C=O) groups is 2. The molecular weight excluding hydrogens is 324 g/mol. The normalized spacial score (nSPS) is 15.6. The lowest BCUT2D eigenvalue weighted by atomic mass is 10.0. The molecule has 3 aromatic rings. The van der Waals surface area contributed by atoms with Crippen LogP contribution in [0.3, 0.4) is 0 Å². The Balaban J connectivity index is 1.72. The van der Waals surface area contributed by atoms with Gasteiger partial charge in [0, 0.05) is 5.56 Å². The molecule has 1 heterocycles. The van der Waals surface area contributed by atoms with Gasteiger partial charge in [-0.25, -0.2) is 0 Å². The molecule has 0 unspecified atom stereocenters. The Bertz CT molecular complexity index is 1080. The molecule has 4 rings (SSSR count). The van der Waals surface area contributed by atoms with E-state index in [1.54, 1.807) is 31.2 Å². The molecule has 1 aliphatic heterocycles. The summed E-state index contributed by atoms with van der Waals surface area (Å²) in [5, 5.41) is 7.28. The quantitative estimate of drug-likeness (QED) is 0.516. The highest BCUT2D eigenvalue weighted by Gasteiger charge is 2.32. The second-order valence-electron chi connectivity index (χ2n) is 6.10. The van der Waals surface area contributed by atoms with Crippen LogP contribution in [-0.2, 0) is 4.79 Å². The maximum absolute atomic E-state index is 12.8. The Morgan fingerprint density at radius 3 is 2.42 bits per heavy atom. The number of fused-ring (bicyclic) bond motifs is 1. The van der Waals surface area contributed by atoms with Crippen LogP contribution >= 0.6 is 0 Å². The largest absolute Gasteiger partial charge is 0.283 e. The lowest BCUT2D eigenvalue weighted by molar-refractivity contribution is -0.123. The van der Waals surface area contributed by atoms with Crippen LogP contribution in [0.25, 0.3) is 16.8 Å². The SMILES string of the molecule is CC1=NN(C(=O)c2ccccc2)C(=O)/C1=C/c1cccc2ccccc12. The second-order valence-corrected chi connectivity index (χ2v) is 6.10. The van der Waals surface area contributed by atoms with Crippen molar-refractivity contribution in [2.45, 2.75) is 6.92 Å². The summed E-state index contributed by atoms with van der Waals surface area (Å²) >= 11 is 0. The van der Waals surface area contributed by atoms with E-state index in [-0.39, 0.29) is 0 Å². The average Bonchev–Trinajstić information content (AvgIpc) is 2.96. The van der Waals surface area contributed by atoms with Gasteiger partial charge in [0.25, 0.3) is 11.8 Å². The van der Waals surface area contributed by atoms with Crippen molar-refractivity contribution in [3.63, 3.8) is 0 Å². The number of hydrogen-bond acceptors (Lipinski definition) is 3. The molecule has 0 aromatic heterocycles. The standard InChI is InChI=1S/C22H16N2O2/c1-15-20(14-18-12-7-11-16-8-5-6-13-19(16)18)22(26)24(23-15)21(25)17-9-3-2-4-10-17/h2-14H,1H3/b20-14+. The van der Waals surface area contributed by atoms with Crippen molar-refractivity contribution in [1.29, 1.82) is 0 Å². The highest BCUT2D eigenvalue weighted by molar-refractivity contribution is 6.31. The Kier molecular flexibility index (Phi) is 3.93. The lowest BCUT2D eigenvalue weighted by Crippen LogP contribution is -2.29. The van der Waals surface area contributed by atoms with Gasteiger partial charge < -0.3 is 0 Å². The molecular formula is C22H16N2O2. The van der Waals surface area contributed by atoms with Gasteiger partial charge in [-0.2, -0.15) is 10.1 Å². The maximum atomic E-state index is 12.8. The Morgan fingerprint density at radius 1 is 0.923 bits per heavy atom. The van der Waals surface area contributed by atoms with E-state index in [0.717, 1.165) is 21.3 Å². The Labute approximate surface area is 151 Å². The third kappa shape index (κ3) is 2.71. The minimum absolute atomic E-state index is 0.399. The van der Waals surface area contributed by atoms with Crippen LogP contribution in [0, 0.1) is 0 Å². The molecule has 0 aliphatic carbocycles. The molecule has 0 spiro atoms. The minimum atomic E-state index is -0.420. The van der Waals surface area contributed by atoms with Crippen molar-refractivity contribution in [2.75, 3.05) is 0 Å². The molecule has 0 radical (unpaired) electrons. The number of benzene rings is 3. The van der Waals surface area contributed by atoms with Gasteiger partial charge >= 0.3 is 0 Å². The fourth-order valence-electron chi connectivity index (χ4n) is 3.06. The summed E-state index contributed by atoms with van der Waals surface area (Å²) in [5.41, 5.74) is 2.33. The average molecular weight is 340 g/mol. The zero-order valence-electron chi connectivity index (χ0n) is 14.2. The Hall–Kier alpha value is -3.53. The van der Waals surface area contributed by atoms with Gasteiger partial charge in [0.15, 0.2) is 0 Å². The predicted molar refractivity (Wildman–Crippen MR) is 103 cm³/mol. The maximum Gasteiger partial charge on any atom is 0.283 e. The smallest absolute Gasteiger partial charge is 0.267 e. The van der Waals surface area contributed by atoms with Crippen LogP contribution in [-0.4, -0.2) is 22.5 Å². The summed E-state index contributed by atoms with van der Waals surface area (Å²) in [6.07, 6.45) is 1.81. The van der Waals surface area contributed by atoms with Gasteiger partial charge in [-0.05, 0) is 41.5 Å². The first-order valence-electron chi connectivity index (χ1n) is 8.34. The number of imide groups is 1. The number of amides is 2. The van der Waals surface area contributed by atoms with E-state index in [1.165, 1.54) is 0 Å². The van der Waals surface area contributed by atoms with Crippen LogP contribution < -0.4 is 0 Å². The molecule has 4 heteroatoms. The summed E-state index contributed by atoms with van der Waals surface area (Å²) in [6.45, 7) is 1.74. The molecule has 0 bridgehead atoms. The van der Waals surface area contributed by atoms with Gasteiger partial charge in [-0.3, -0.25) is 9.59 Å². The van der Waals surface area contributed by atoms with Gasteiger partial charge in [0.05, 0.1) is 11.3 Å². The molecule has 26 heavy (non-hydrogen) atoms. The van der Waals surface area contributed by atoms with Gasteiger partial charge in [-0.15, -0.1) is 0 Å². The summed E-state index contributed by atoms with van der Waals surface area (Å²) < 4.78 is 0. The topological polar surface area (TPSA) is 49.7 Å². The van der Waals surface area contributed by atoms with Crippen molar-refractivity contribution in [3.05, 3.63) is 89.5 Å². The van der Waals surface area contributed by atoms with E-state index < -0.39 is 11.8 Å². The molecule has 4 nitrogen and oxygen atoms in total. The summed E-state index contributed by atoms with van der Waals surface area (Å²) in [4.78, 5) is 25.4. The second kappa shape index (κ2) is 6.41. The van der Waals surface area contributed by atoms with Crippen molar-refractivity contribution in [3.8, 4) is 0 Å². The zero-order valence-corrected chi connectivity index (χ0v) is 14.2. The van der Waals surface area contributed by atoms with E-state index in [0.29, 0.717) is 16.8 Å². The third-order valence-electron chi connectivity index (χ3n) is 4.40. The number of rotatable bonds is 2. The fourth-order valence-corrected chi connectivity index (χ4v) is 3.06. The first-order valence-corrected chi connectivity index (χ1v) is 8.34. The molecule has 1 aliphatic rings. The van der Waals surface area contributed by atoms with Gasteiger partial charge in [0.2, 0.25) is 0 Å². The third-order valence-corrected chi connectivity index (χ3v) is 4.40. The predicted octanol–water partition coefficient (Wildman–Crippen LogP) is 4.28. The molecule has 0 atom stereocenters. The number of hydrogen-bond donors (Lipinski definition) is 0. The van der Waals surface area contributed by atoms with Gasteiger partial charge in [-0.1, -0.05) is 60.7 Å². The molecule has 126 valence electrons. The molecule has 0 saturated carbocycles. The van der Waals surface area contributed by atoms with E-state index in [4.69, 9.17) is 0 Å². The van der Waals surface area contributed by atoms with E-state index in [2.05, 4.69) is 5.10 Å². The van der Waals surface area contributed by atoms with E-state index >= 15 is 0 Å². The summed E-state index contributed by atoms with van der Waals surface area (Å²) in [6, 6.07) is 22.6. The molecule has 0 N–H and O–H groups in total. The number of hydrazone groups is 1. The van der Waals surface area contributed by atoms with Crippen LogP contribution in [0.1, 0.15) is 22.8 Å². The first-order chi connectivity index (χ1) is 12.6. The molecule has 0 saturated heterocycles. The van der Waals surface area contributed by atoms with Crippen LogP contribution in [0.15, 0.2) is 83.5 Å². The van der Waals surface area contributed by atoms with Crippen LogP contribution in [0.2, 0.25) is 0 Å². The lowest BCUT2D eigenvalue weighted by Gasteiger charge is -2.09. The fraction of sp³-hybridized carbons (Fsp3) is 0.0455. The van der Waals surface area contributed by atoms with E-state index in [9.17, 15) is 9.59 Å². The highest BCUT2D eigenvalue weighted by atomic mass is 16.2. The minimum Gasteiger partial charge on any atom is -0.267 e. The van der Waals surface area contributed by atoms with Crippen molar-refractivity contribution in [2.24, 2.45) is 5.10 Å². The number of carbonyl (C=O) groups excluding carboxylic acids is 2. The summed E-state index contributed by atoms with van der Waals surface area (Å²) in [7, 11) is 0. The van der Waals surface area contributed by atoms with E-state index in [1.807, 2.05) is 54.6 Å². The number of nitrogens with zero attached hydrogens (tertiary/aromatic N) is 2. The van der Waals surface area contributed by atoms with Crippen LogP contribution in [0.4, 0.5) is 0 Å². The monoisotopic (exact) mass is 340 g/mol. The molecule has 0 fully saturated rings. The zero-order chi connectivity index (χ0) is 18.1. The first kappa shape index (κ1) is 16.0. The van der Waals surface area contributed by atoms with Crippen LogP contribution in [0.5, 0.6) is 0 Å². The van der Waals surface area contributed by atoms with Crippen molar-refractivity contribution < 1.29 is 9.59 Å². The highest BCUT2D eigenvalue weighted by Crippen LogP contribution is 2.25.